The number of halogens is 1. The smallest absolute Gasteiger partial charge is 0.272 e. The van der Waals surface area contributed by atoms with Crippen LogP contribution in [0.2, 0.25) is 0 Å². The molecule has 5 aliphatic rings. The van der Waals surface area contributed by atoms with E-state index in [4.69, 9.17) is 0 Å². The van der Waals surface area contributed by atoms with Gasteiger partial charge in [-0.3, -0.25) is 19.2 Å². The van der Waals surface area contributed by atoms with Crippen LogP contribution in [0.4, 0.5) is 4.39 Å². The summed E-state index contributed by atoms with van der Waals surface area (Å²) in [4.78, 5) is 54.7. The number of hydrogen-bond donors (Lipinski definition) is 2. The highest BCUT2D eigenvalue weighted by atomic mass is 19.1. The molecule has 3 aromatic rings. The molecule has 0 radical (unpaired) electrons. The van der Waals surface area contributed by atoms with Crippen molar-refractivity contribution in [3.05, 3.63) is 75.5 Å². The third-order valence-electron chi connectivity index (χ3n) is 15.4. The molecule has 54 heavy (non-hydrogen) atoms. The average Bonchev–Trinajstić information content (AvgIpc) is 3.45. The Hall–Kier alpha value is -3.92. The topological polar surface area (TPSA) is 124 Å². The first-order valence-electron chi connectivity index (χ1n) is 20.5. The number of fused-ring (bicyclic) bond motifs is 6. The SMILES string of the molecule is C[C@@]12CCC(=O)C[C@H]1CC[C@H]1[C@H]2CC[C@]2(C)[C@@H]1CC[C@]2(O)CCCCC(=O)N1CCN(C(=O)c2cc(Cc3n[nH]c(=O)c4ccccc34)ccc2F)CC1. The van der Waals surface area contributed by atoms with E-state index in [1.807, 2.05) is 17.0 Å². The van der Waals surface area contributed by atoms with Gasteiger partial charge in [0, 0.05) is 57.2 Å². The zero-order valence-electron chi connectivity index (χ0n) is 31.9. The van der Waals surface area contributed by atoms with E-state index in [1.165, 1.54) is 12.5 Å². The van der Waals surface area contributed by atoms with Crippen molar-refractivity contribution in [3.63, 3.8) is 0 Å². The Morgan fingerprint density at radius 1 is 0.907 bits per heavy atom. The molecule has 0 bridgehead atoms. The first-order chi connectivity index (χ1) is 25.9. The summed E-state index contributed by atoms with van der Waals surface area (Å²) in [6, 6.07) is 11.7. The van der Waals surface area contributed by atoms with Crippen molar-refractivity contribution in [2.45, 2.75) is 109 Å². The highest BCUT2D eigenvalue weighted by molar-refractivity contribution is 5.95. The van der Waals surface area contributed by atoms with Crippen molar-refractivity contribution in [1.82, 2.24) is 20.0 Å². The molecular formula is C44H55FN4O5. The second kappa shape index (κ2) is 14.3. The molecule has 5 fully saturated rings. The summed E-state index contributed by atoms with van der Waals surface area (Å²) in [7, 11) is 0. The highest BCUT2D eigenvalue weighted by Gasteiger charge is 2.64. The first kappa shape index (κ1) is 37.0. The van der Waals surface area contributed by atoms with Gasteiger partial charge in [0.25, 0.3) is 11.5 Å². The van der Waals surface area contributed by atoms with Gasteiger partial charge >= 0.3 is 0 Å². The quantitative estimate of drug-likeness (QED) is 0.244. The second-order valence-corrected chi connectivity index (χ2v) is 17.8. The molecule has 8 rings (SSSR count). The normalized spacial score (nSPS) is 32.3. The molecule has 2 N–H and O–H groups in total. The number of unbranched alkanes of at least 4 members (excludes halogenated alkanes) is 1. The molecule has 2 heterocycles. The van der Waals surface area contributed by atoms with Gasteiger partial charge in [-0.15, -0.1) is 0 Å². The highest BCUT2D eigenvalue weighted by Crippen LogP contribution is 2.68. The predicted molar refractivity (Wildman–Crippen MR) is 204 cm³/mol. The fourth-order valence-corrected chi connectivity index (χ4v) is 12.1. The number of carbonyl (C=O) groups excluding carboxylic acids is 3. The molecule has 10 heteroatoms. The molecule has 0 spiro atoms. The molecule has 2 aromatic carbocycles. The van der Waals surface area contributed by atoms with Crippen molar-refractivity contribution in [2.24, 2.45) is 34.5 Å². The van der Waals surface area contributed by atoms with Gasteiger partial charge in [-0.05, 0) is 116 Å². The molecule has 1 saturated heterocycles. The van der Waals surface area contributed by atoms with Crippen LogP contribution in [0.1, 0.15) is 119 Å². The Balaban J connectivity index is 0.818. The molecule has 4 aliphatic carbocycles. The molecule has 4 saturated carbocycles. The van der Waals surface area contributed by atoms with Crippen LogP contribution in [0, 0.1) is 40.3 Å². The minimum absolute atomic E-state index is 0.0115. The van der Waals surface area contributed by atoms with Crippen LogP contribution in [0.3, 0.4) is 0 Å². The van der Waals surface area contributed by atoms with E-state index in [0.717, 1.165) is 70.6 Å². The van der Waals surface area contributed by atoms with Crippen LogP contribution in [-0.2, 0) is 16.0 Å². The summed E-state index contributed by atoms with van der Waals surface area (Å²) in [5.74, 6) is 1.88. The zero-order valence-corrected chi connectivity index (χ0v) is 31.9. The average molecular weight is 739 g/mol. The van der Waals surface area contributed by atoms with E-state index in [0.29, 0.717) is 90.5 Å². The Morgan fingerprint density at radius 2 is 1.65 bits per heavy atom. The van der Waals surface area contributed by atoms with Gasteiger partial charge < -0.3 is 14.9 Å². The van der Waals surface area contributed by atoms with E-state index in [-0.39, 0.29) is 27.9 Å². The lowest BCUT2D eigenvalue weighted by molar-refractivity contribution is -0.158. The van der Waals surface area contributed by atoms with Gasteiger partial charge in [-0.1, -0.05) is 44.5 Å². The van der Waals surface area contributed by atoms with Crippen molar-refractivity contribution in [2.75, 3.05) is 26.2 Å². The van der Waals surface area contributed by atoms with Crippen LogP contribution in [-0.4, -0.2) is 74.5 Å². The van der Waals surface area contributed by atoms with Gasteiger partial charge in [0.05, 0.1) is 22.2 Å². The first-order valence-corrected chi connectivity index (χ1v) is 20.5. The number of amides is 2. The summed E-state index contributed by atoms with van der Waals surface area (Å²) < 4.78 is 15.0. The lowest BCUT2D eigenvalue weighted by Gasteiger charge is -2.61. The Bertz CT molecular complexity index is 2010. The van der Waals surface area contributed by atoms with E-state index in [9.17, 15) is 24.3 Å². The number of aliphatic hydroxyl groups is 1. The summed E-state index contributed by atoms with van der Waals surface area (Å²) in [6.07, 6.45) is 12.0. The van der Waals surface area contributed by atoms with Gasteiger partial charge in [0.15, 0.2) is 0 Å². The molecule has 288 valence electrons. The largest absolute Gasteiger partial charge is 0.389 e. The number of Topliss-reactive ketones (excluding diaryl/α,β-unsaturated/α-hetero) is 1. The van der Waals surface area contributed by atoms with Gasteiger partial charge in [-0.2, -0.15) is 5.10 Å². The maximum Gasteiger partial charge on any atom is 0.272 e. The minimum atomic E-state index is -0.700. The van der Waals surface area contributed by atoms with Crippen molar-refractivity contribution >= 4 is 28.4 Å². The van der Waals surface area contributed by atoms with E-state index in [1.54, 1.807) is 29.2 Å². The fraction of sp³-hybridized carbons (Fsp3) is 0.614. The summed E-state index contributed by atoms with van der Waals surface area (Å²) in [5.41, 5.74) is 0.522. The fourth-order valence-electron chi connectivity index (χ4n) is 12.1. The number of aromatic nitrogens is 2. The molecule has 7 atom stereocenters. The minimum Gasteiger partial charge on any atom is -0.389 e. The van der Waals surface area contributed by atoms with Gasteiger partial charge in [-0.25, -0.2) is 9.49 Å². The zero-order chi connectivity index (χ0) is 37.8. The van der Waals surface area contributed by atoms with Crippen LogP contribution < -0.4 is 5.56 Å². The summed E-state index contributed by atoms with van der Waals surface area (Å²) >= 11 is 0. The number of H-pyrrole nitrogens is 1. The maximum absolute atomic E-state index is 15.0. The van der Waals surface area contributed by atoms with E-state index >= 15 is 4.39 Å². The third-order valence-corrected chi connectivity index (χ3v) is 15.4. The van der Waals surface area contributed by atoms with Crippen molar-refractivity contribution < 1.29 is 23.9 Å². The number of hydrogen-bond acceptors (Lipinski definition) is 6. The van der Waals surface area contributed by atoms with Crippen LogP contribution in [0.5, 0.6) is 0 Å². The van der Waals surface area contributed by atoms with Crippen LogP contribution >= 0.6 is 0 Å². The predicted octanol–water partition coefficient (Wildman–Crippen LogP) is 6.84. The van der Waals surface area contributed by atoms with E-state index < -0.39 is 17.3 Å². The number of rotatable bonds is 8. The molecule has 9 nitrogen and oxygen atoms in total. The number of piperazine rings is 1. The maximum atomic E-state index is 15.0. The van der Waals surface area contributed by atoms with Crippen molar-refractivity contribution in [1.29, 1.82) is 0 Å². The van der Waals surface area contributed by atoms with Crippen LogP contribution in [0.25, 0.3) is 10.8 Å². The van der Waals surface area contributed by atoms with E-state index in [2.05, 4.69) is 24.0 Å². The molecular weight excluding hydrogens is 684 g/mol. The van der Waals surface area contributed by atoms with Gasteiger partial charge in [0.1, 0.15) is 11.6 Å². The number of nitrogens with one attached hydrogen (secondary N) is 1. The van der Waals surface area contributed by atoms with Gasteiger partial charge in [0.2, 0.25) is 5.91 Å². The summed E-state index contributed by atoms with van der Waals surface area (Å²) in [5, 5.41) is 20.2. The molecule has 0 unspecified atom stereocenters. The second-order valence-electron chi connectivity index (χ2n) is 17.8. The molecule has 1 aromatic heterocycles. The Labute approximate surface area is 317 Å². The lowest BCUT2D eigenvalue weighted by Crippen LogP contribution is -2.56. The van der Waals surface area contributed by atoms with Crippen LogP contribution in [0.15, 0.2) is 47.3 Å². The monoisotopic (exact) mass is 738 g/mol. The Kier molecular flexibility index (Phi) is 9.80. The number of nitrogens with zero attached hydrogens (tertiary/aromatic N) is 3. The third kappa shape index (κ3) is 6.40. The lowest BCUT2D eigenvalue weighted by atomic mass is 9.44. The molecule has 2 amide bonds. The standard InChI is InChI=1S/C44H55FN4O5/c1-42-18-14-30(50)27-29(42)11-12-33-35(42)15-19-43(2)36(33)16-20-44(43,54)17-6-5-9-39(51)48-21-23-49(24-22-48)41(53)34-25-28(10-13-37(34)45)26-38-31-7-3-4-8-32(31)40(52)47-46-38/h3-4,7-8,10,13,25,29,33,35-36,54H,5-6,9,11-12,14-24,26-27H2,1-2H3,(H,47,52)/t29-,33+,35-,36-,42-,43-,44-/m1/s1. The Morgan fingerprint density at radius 3 is 2.44 bits per heavy atom. The number of benzene rings is 2. The number of ketones is 1. The number of carbonyl (C=O) groups is 3. The number of aromatic amines is 1. The molecule has 1 aliphatic heterocycles. The van der Waals surface area contributed by atoms with Crippen molar-refractivity contribution in [3.8, 4) is 0 Å². The summed E-state index contributed by atoms with van der Waals surface area (Å²) in [6.45, 7) is 6.28.